The summed E-state index contributed by atoms with van der Waals surface area (Å²) in [6.07, 6.45) is 0. The molecule has 10 nitrogen and oxygen atoms in total. The average molecular weight is 472 g/mol. The number of carbonyl (C=O) groups is 1. The second-order valence-electron chi connectivity index (χ2n) is 6.95. The smallest absolute Gasteiger partial charge is 0.269 e. The van der Waals surface area contributed by atoms with Gasteiger partial charge in [-0.2, -0.15) is 0 Å². The summed E-state index contributed by atoms with van der Waals surface area (Å²) in [6, 6.07) is 13.6. The lowest BCUT2D eigenvalue weighted by molar-refractivity contribution is -0.384. The van der Waals surface area contributed by atoms with Crippen LogP contribution >= 0.6 is 11.8 Å². The van der Waals surface area contributed by atoms with E-state index in [-0.39, 0.29) is 11.6 Å². The van der Waals surface area contributed by atoms with E-state index >= 15 is 0 Å². The minimum absolute atomic E-state index is 0.0108. The zero-order chi connectivity index (χ0) is 23.6. The molecule has 0 atom stereocenters. The first-order chi connectivity index (χ1) is 16.0. The molecule has 3 aromatic rings. The topological polar surface area (TPSA) is 121 Å². The van der Waals surface area contributed by atoms with Crippen molar-refractivity contribution in [2.75, 3.05) is 34.0 Å². The number of ether oxygens (including phenoxy) is 2. The summed E-state index contributed by atoms with van der Waals surface area (Å²) in [7, 11) is 3.20. The van der Waals surface area contributed by atoms with E-state index in [4.69, 9.17) is 9.47 Å². The van der Waals surface area contributed by atoms with Crippen LogP contribution in [-0.4, -0.2) is 59.6 Å². The summed E-state index contributed by atoms with van der Waals surface area (Å²) >= 11 is 1.45. The van der Waals surface area contributed by atoms with Crippen molar-refractivity contribution in [1.29, 1.82) is 0 Å². The van der Waals surface area contributed by atoms with Crippen LogP contribution in [-0.2, 0) is 21.8 Å². The fourth-order valence-electron chi connectivity index (χ4n) is 3.10. The molecule has 174 valence electrons. The van der Waals surface area contributed by atoms with Gasteiger partial charge in [-0.05, 0) is 23.8 Å². The van der Waals surface area contributed by atoms with Crippen LogP contribution in [0.15, 0.2) is 53.7 Å². The van der Waals surface area contributed by atoms with Crippen molar-refractivity contribution in [2.24, 2.45) is 0 Å². The number of rotatable bonds is 12. The van der Waals surface area contributed by atoms with Crippen LogP contribution in [0.3, 0.4) is 0 Å². The van der Waals surface area contributed by atoms with Gasteiger partial charge in [-0.25, -0.2) is 0 Å². The zero-order valence-corrected chi connectivity index (χ0v) is 19.2. The van der Waals surface area contributed by atoms with E-state index < -0.39 is 4.92 Å². The first-order valence-corrected chi connectivity index (χ1v) is 11.2. The Labute approximate surface area is 195 Å². The molecular weight excluding hydrogens is 446 g/mol. The lowest BCUT2D eigenvalue weighted by Crippen LogP contribution is -2.27. The minimum atomic E-state index is -0.441. The normalized spacial score (nSPS) is 10.8. The van der Waals surface area contributed by atoms with Gasteiger partial charge < -0.3 is 14.8 Å². The Hall–Kier alpha value is -3.28. The fourth-order valence-corrected chi connectivity index (χ4v) is 4.07. The molecule has 0 spiro atoms. The third-order valence-corrected chi connectivity index (χ3v) is 5.80. The average Bonchev–Trinajstić information content (AvgIpc) is 3.24. The monoisotopic (exact) mass is 471 g/mol. The number of thioether (sulfide) groups is 1. The zero-order valence-electron chi connectivity index (χ0n) is 18.4. The van der Waals surface area contributed by atoms with Gasteiger partial charge in [0.15, 0.2) is 11.0 Å². The Morgan fingerprint density at radius 2 is 1.82 bits per heavy atom. The molecule has 0 aliphatic rings. The third-order valence-electron chi connectivity index (χ3n) is 4.78. The summed E-state index contributed by atoms with van der Waals surface area (Å²) in [4.78, 5) is 23.1. The van der Waals surface area contributed by atoms with Gasteiger partial charge in [0.25, 0.3) is 11.6 Å². The molecule has 0 bridgehead atoms. The van der Waals surface area contributed by atoms with E-state index in [0.29, 0.717) is 54.2 Å². The minimum Gasteiger partial charge on any atom is -0.383 e. The molecule has 0 fully saturated rings. The molecule has 0 radical (unpaired) electrons. The second kappa shape index (κ2) is 12.1. The number of nitro groups is 1. The number of nitrogens with zero attached hydrogens (tertiary/aromatic N) is 4. The van der Waals surface area contributed by atoms with Crippen molar-refractivity contribution in [2.45, 2.75) is 17.5 Å². The molecule has 3 rings (SSSR count). The lowest BCUT2D eigenvalue weighted by atomic mass is 10.1. The van der Waals surface area contributed by atoms with Gasteiger partial charge in [0.05, 0.1) is 24.7 Å². The molecule has 33 heavy (non-hydrogen) atoms. The maximum Gasteiger partial charge on any atom is 0.269 e. The molecule has 0 unspecified atom stereocenters. The highest BCUT2D eigenvalue weighted by Gasteiger charge is 2.17. The number of carbonyl (C=O) groups excluding carboxylic acids is 1. The second-order valence-corrected chi connectivity index (χ2v) is 7.89. The molecule has 11 heteroatoms. The maximum absolute atomic E-state index is 12.6. The first kappa shape index (κ1) is 24.4. The summed E-state index contributed by atoms with van der Waals surface area (Å²) in [5.41, 5.74) is 2.20. The van der Waals surface area contributed by atoms with Crippen LogP contribution in [0.1, 0.15) is 15.9 Å². The van der Waals surface area contributed by atoms with Gasteiger partial charge in [-0.1, -0.05) is 30.0 Å². The highest BCUT2D eigenvalue weighted by Crippen LogP contribution is 2.28. The quantitative estimate of drug-likeness (QED) is 0.185. The highest BCUT2D eigenvalue weighted by atomic mass is 32.2. The van der Waals surface area contributed by atoms with E-state index in [1.54, 1.807) is 32.4 Å². The molecule has 0 saturated heterocycles. The summed E-state index contributed by atoms with van der Waals surface area (Å²) in [5.74, 6) is 0.949. The van der Waals surface area contributed by atoms with Crippen molar-refractivity contribution >= 4 is 23.4 Å². The molecule has 1 heterocycles. The van der Waals surface area contributed by atoms with E-state index in [1.165, 1.54) is 23.9 Å². The SMILES string of the molecule is COCCNC(=O)c1ccccc1CSc1nnc(-c2ccc([N+](=O)[O-])cc2)n1CCOC. The molecule has 2 aromatic carbocycles. The van der Waals surface area contributed by atoms with Crippen LogP contribution in [0.2, 0.25) is 0 Å². The van der Waals surface area contributed by atoms with Crippen LogP contribution in [0, 0.1) is 10.1 Å². The number of non-ortho nitro benzene ring substituents is 1. The van der Waals surface area contributed by atoms with Crippen molar-refractivity contribution < 1.29 is 19.2 Å². The largest absolute Gasteiger partial charge is 0.383 e. The van der Waals surface area contributed by atoms with Gasteiger partial charge in [0.1, 0.15) is 0 Å². The Bertz CT molecular complexity index is 1090. The molecule has 0 aliphatic carbocycles. The number of methoxy groups -OCH3 is 2. The van der Waals surface area contributed by atoms with Gasteiger partial charge in [0, 0.05) is 49.8 Å². The van der Waals surface area contributed by atoms with Crippen LogP contribution in [0.25, 0.3) is 11.4 Å². The van der Waals surface area contributed by atoms with E-state index in [0.717, 1.165) is 5.56 Å². The van der Waals surface area contributed by atoms with Gasteiger partial charge in [0.2, 0.25) is 0 Å². The predicted octanol–water partition coefficient (Wildman–Crippen LogP) is 3.17. The standard InChI is InChI=1S/C22H25N5O5S/c1-31-13-11-23-21(28)19-6-4-3-5-17(19)15-33-22-25-24-20(26(22)12-14-32-2)16-7-9-18(10-8-16)27(29)30/h3-10H,11-15H2,1-2H3,(H,23,28). The summed E-state index contributed by atoms with van der Waals surface area (Å²) in [5, 5.41) is 23.1. The number of benzene rings is 2. The van der Waals surface area contributed by atoms with E-state index in [2.05, 4.69) is 15.5 Å². The Morgan fingerprint density at radius 1 is 1.09 bits per heavy atom. The lowest BCUT2D eigenvalue weighted by Gasteiger charge is -2.12. The van der Waals surface area contributed by atoms with Gasteiger partial charge >= 0.3 is 0 Å². The fraction of sp³-hybridized carbons (Fsp3) is 0.318. The van der Waals surface area contributed by atoms with E-state index in [9.17, 15) is 14.9 Å². The summed E-state index contributed by atoms with van der Waals surface area (Å²) in [6.45, 7) is 1.83. The molecular formula is C22H25N5O5S. The molecule has 1 aromatic heterocycles. The number of amides is 1. The number of aromatic nitrogens is 3. The van der Waals surface area contributed by atoms with Crippen molar-refractivity contribution in [3.63, 3.8) is 0 Å². The molecule has 0 aliphatic heterocycles. The van der Waals surface area contributed by atoms with E-state index in [1.807, 2.05) is 22.8 Å². The first-order valence-electron chi connectivity index (χ1n) is 10.2. The van der Waals surface area contributed by atoms with Gasteiger partial charge in [-0.3, -0.25) is 19.5 Å². The van der Waals surface area contributed by atoms with Crippen molar-refractivity contribution in [3.05, 3.63) is 69.8 Å². The Morgan fingerprint density at radius 3 is 2.52 bits per heavy atom. The Balaban J connectivity index is 1.80. The number of hydrogen-bond donors (Lipinski definition) is 1. The van der Waals surface area contributed by atoms with Gasteiger partial charge in [-0.15, -0.1) is 10.2 Å². The summed E-state index contributed by atoms with van der Waals surface area (Å²) < 4.78 is 12.1. The molecule has 1 amide bonds. The molecule has 0 saturated carbocycles. The Kier molecular flexibility index (Phi) is 8.93. The van der Waals surface area contributed by atoms with Crippen molar-refractivity contribution in [1.82, 2.24) is 20.1 Å². The van der Waals surface area contributed by atoms with Crippen LogP contribution < -0.4 is 5.32 Å². The van der Waals surface area contributed by atoms with Crippen LogP contribution in [0.5, 0.6) is 0 Å². The number of nitrogens with one attached hydrogen (secondary N) is 1. The maximum atomic E-state index is 12.6. The number of nitro benzene ring substituents is 1. The number of hydrogen-bond acceptors (Lipinski definition) is 8. The highest BCUT2D eigenvalue weighted by molar-refractivity contribution is 7.98. The third kappa shape index (κ3) is 6.37. The van der Waals surface area contributed by atoms with Crippen molar-refractivity contribution in [3.8, 4) is 11.4 Å². The predicted molar refractivity (Wildman–Crippen MR) is 124 cm³/mol. The molecule has 1 N–H and O–H groups in total. The van der Waals surface area contributed by atoms with Crippen LogP contribution in [0.4, 0.5) is 5.69 Å².